The number of aromatic nitrogens is 2. The molecule has 0 aliphatic heterocycles. The predicted octanol–water partition coefficient (Wildman–Crippen LogP) is 1.92. The largest absolute Gasteiger partial charge is 0.481 e. The van der Waals surface area contributed by atoms with Gasteiger partial charge in [-0.05, 0) is 25.8 Å². The van der Waals surface area contributed by atoms with Crippen molar-refractivity contribution in [2.45, 2.75) is 33.6 Å². The number of carboxylic acid groups (broad SMARTS) is 1. The van der Waals surface area contributed by atoms with Gasteiger partial charge in [0.25, 0.3) is 0 Å². The first-order chi connectivity index (χ1) is 6.91. The van der Waals surface area contributed by atoms with Gasteiger partial charge < -0.3 is 5.11 Å². The molecule has 1 N–H and O–H groups in total. The molecule has 0 bridgehead atoms. The molecule has 0 saturated carbocycles. The second-order valence-electron chi connectivity index (χ2n) is 4.07. The Balaban J connectivity index is 3.17. The number of carbonyl (C=O) groups is 1. The Labute approximate surface area is 89.4 Å². The zero-order valence-electron chi connectivity index (χ0n) is 9.48. The van der Waals surface area contributed by atoms with Gasteiger partial charge in [-0.25, -0.2) is 9.97 Å². The first-order valence-corrected chi connectivity index (χ1v) is 4.96. The smallest absolute Gasteiger partial charge is 0.314 e. The molecule has 82 valence electrons. The molecule has 15 heavy (non-hydrogen) atoms. The van der Waals surface area contributed by atoms with Crippen LogP contribution < -0.4 is 0 Å². The van der Waals surface area contributed by atoms with Gasteiger partial charge >= 0.3 is 5.97 Å². The first kappa shape index (κ1) is 11.6. The first-order valence-electron chi connectivity index (χ1n) is 4.96. The summed E-state index contributed by atoms with van der Waals surface area (Å²) in [6.45, 7) is 7.41. The zero-order valence-corrected chi connectivity index (χ0v) is 9.48. The minimum atomic E-state index is -0.866. The Morgan fingerprint density at radius 2 is 1.73 bits per heavy atom. The van der Waals surface area contributed by atoms with E-state index in [1.54, 1.807) is 0 Å². The lowest BCUT2D eigenvalue weighted by Crippen LogP contribution is -2.20. The average Bonchev–Trinajstić information content (AvgIpc) is 1.99. The van der Waals surface area contributed by atoms with Gasteiger partial charge in [0, 0.05) is 11.4 Å². The molecule has 0 saturated heterocycles. The summed E-state index contributed by atoms with van der Waals surface area (Å²) in [6.07, 6.45) is 0. The Morgan fingerprint density at radius 3 is 2.07 bits per heavy atom. The van der Waals surface area contributed by atoms with Gasteiger partial charge in [-0.3, -0.25) is 4.79 Å². The molecule has 1 aromatic heterocycles. The highest BCUT2D eigenvalue weighted by molar-refractivity contribution is 5.75. The van der Waals surface area contributed by atoms with E-state index in [1.165, 1.54) is 0 Å². The Bertz CT molecular complexity index is 355. The molecule has 1 rings (SSSR count). The van der Waals surface area contributed by atoms with Crippen LogP contribution in [0.5, 0.6) is 0 Å². The van der Waals surface area contributed by atoms with E-state index in [2.05, 4.69) is 9.97 Å². The van der Waals surface area contributed by atoms with Crippen LogP contribution in [-0.4, -0.2) is 21.0 Å². The standard InChI is InChI=1S/C11H16N2O2/c1-6(2)9(11(14)15)10-12-7(3)5-8(4)13-10/h5-6,9H,1-4H3,(H,14,15). The Hall–Kier alpha value is -1.45. The molecule has 1 heterocycles. The van der Waals surface area contributed by atoms with E-state index in [9.17, 15) is 4.79 Å². The van der Waals surface area contributed by atoms with Crippen LogP contribution in [0.1, 0.15) is 37.0 Å². The highest BCUT2D eigenvalue weighted by Crippen LogP contribution is 2.21. The fourth-order valence-corrected chi connectivity index (χ4v) is 1.59. The van der Waals surface area contributed by atoms with E-state index in [-0.39, 0.29) is 5.92 Å². The molecular weight excluding hydrogens is 192 g/mol. The maximum atomic E-state index is 11.1. The number of nitrogens with zero attached hydrogens (tertiary/aromatic N) is 2. The maximum Gasteiger partial charge on any atom is 0.314 e. The Kier molecular flexibility index (Phi) is 3.39. The molecule has 0 aliphatic rings. The second kappa shape index (κ2) is 4.38. The molecule has 4 nitrogen and oxygen atoms in total. The van der Waals surface area contributed by atoms with Gasteiger partial charge in [-0.2, -0.15) is 0 Å². The summed E-state index contributed by atoms with van der Waals surface area (Å²) < 4.78 is 0. The lowest BCUT2D eigenvalue weighted by Gasteiger charge is -2.15. The summed E-state index contributed by atoms with van der Waals surface area (Å²) in [5.41, 5.74) is 1.62. The minimum absolute atomic E-state index is 0.0105. The van der Waals surface area contributed by atoms with Crippen molar-refractivity contribution in [3.05, 3.63) is 23.3 Å². The van der Waals surface area contributed by atoms with Crippen molar-refractivity contribution in [1.82, 2.24) is 9.97 Å². The van der Waals surface area contributed by atoms with Crippen molar-refractivity contribution in [3.8, 4) is 0 Å². The SMILES string of the molecule is Cc1cc(C)nc(C(C(=O)O)C(C)C)n1. The minimum Gasteiger partial charge on any atom is -0.481 e. The van der Waals surface area contributed by atoms with E-state index in [0.29, 0.717) is 5.82 Å². The van der Waals surface area contributed by atoms with Crippen LogP contribution in [0.4, 0.5) is 0 Å². The van der Waals surface area contributed by atoms with Gasteiger partial charge in [0.1, 0.15) is 11.7 Å². The number of carboxylic acids is 1. The number of hydrogen-bond acceptors (Lipinski definition) is 3. The topological polar surface area (TPSA) is 63.1 Å². The normalized spacial score (nSPS) is 12.9. The Morgan fingerprint density at radius 1 is 1.27 bits per heavy atom. The third kappa shape index (κ3) is 2.75. The van der Waals surface area contributed by atoms with Crippen molar-refractivity contribution in [2.75, 3.05) is 0 Å². The van der Waals surface area contributed by atoms with Crippen molar-refractivity contribution in [3.63, 3.8) is 0 Å². The van der Waals surface area contributed by atoms with E-state index < -0.39 is 11.9 Å². The van der Waals surface area contributed by atoms with Gasteiger partial charge in [0.2, 0.25) is 0 Å². The molecule has 1 atom stereocenters. The highest BCUT2D eigenvalue weighted by Gasteiger charge is 2.26. The predicted molar refractivity (Wildman–Crippen MR) is 56.7 cm³/mol. The summed E-state index contributed by atoms with van der Waals surface area (Å²) in [6, 6.07) is 1.84. The fraction of sp³-hybridized carbons (Fsp3) is 0.545. The van der Waals surface area contributed by atoms with Crippen LogP contribution in [0.25, 0.3) is 0 Å². The van der Waals surface area contributed by atoms with Crippen molar-refractivity contribution >= 4 is 5.97 Å². The molecule has 1 aromatic rings. The molecule has 0 aromatic carbocycles. The number of rotatable bonds is 3. The van der Waals surface area contributed by atoms with E-state index in [1.807, 2.05) is 33.8 Å². The van der Waals surface area contributed by atoms with Crippen LogP contribution in [-0.2, 0) is 4.79 Å². The third-order valence-electron chi connectivity index (χ3n) is 2.21. The zero-order chi connectivity index (χ0) is 11.6. The lowest BCUT2D eigenvalue weighted by atomic mass is 9.95. The number of hydrogen-bond donors (Lipinski definition) is 1. The van der Waals surface area contributed by atoms with E-state index in [4.69, 9.17) is 5.11 Å². The van der Waals surface area contributed by atoms with Crippen molar-refractivity contribution in [1.29, 1.82) is 0 Å². The van der Waals surface area contributed by atoms with Crippen molar-refractivity contribution < 1.29 is 9.90 Å². The lowest BCUT2D eigenvalue weighted by molar-refractivity contribution is -0.140. The van der Waals surface area contributed by atoms with Crippen LogP contribution in [0.3, 0.4) is 0 Å². The third-order valence-corrected chi connectivity index (χ3v) is 2.21. The quantitative estimate of drug-likeness (QED) is 0.824. The van der Waals surface area contributed by atoms with E-state index in [0.717, 1.165) is 11.4 Å². The summed E-state index contributed by atoms with van der Waals surface area (Å²) in [5, 5.41) is 9.10. The molecule has 0 radical (unpaired) electrons. The molecule has 0 aliphatic carbocycles. The monoisotopic (exact) mass is 208 g/mol. The van der Waals surface area contributed by atoms with E-state index >= 15 is 0 Å². The molecule has 0 fully saturated rings. The average molecular weight is 208 g/mol. The van der Waals surface area contributed by atoms with Gasteiger partial charge in [0.05, 0.1) is 0 Å². The summed E-state index contributed by atoms with van der Waals surface area (Å²) in [7, 11) is 0. The summed E-state index contributed by atoms with van der Waals surface area (Å²) >= 11 is 0. The fourth-order valence-electron chi connectivity index (χ4n) is 1.59. The molecule has 1 unspecified atom stereocenters. The van der Waals surface area contributed by atoms with Gasteiger partial charge in [-0.15, -0.1) is 0 Å². The van der Waals surface area contributed by atoms with Crippen LogP contribution in [0.2, 0.25) is 0 Å². The van der Waals surface area contributed by atoms with Crippen LogP contribution >= 0.6 is 0 Å². The summed E-state index contributed by atoms with van der Waals surface area (Å²) in [5.74, 6) is -1.09. The van der Waals surface area contributed by atoms with Crippen molar-refractivity contribution in [2.24, 2.45) is 5.92 Å². The highest BCUT2D eigenvalue weighted by atomic mass is 16.4. The molecule has 0 amide bonds. The molecule has 4 heteroatoms. The summed E-state index contributed by atoms with van der Waals surface area (Å²) in [4.78, 5) is 19.5. The maximum absolute atomic E-state index is 11.1. The van der Waals surface area contributed by atoms with Gasteiger partial charge in [-0.1, -0.05) is 13.8 Å². The molecular formula is C11H16N2O2. The number of aryl methyl sites for hydroxylation is 2. The molecule has 0 spiro atoms. The van der Waals surface area contributed by atoms with Crippen LogP contribution in [0.15, 0.2) is 6.07 Å². The second-order valence-corrected chi connectivity index (χ2v) is 4.07. The van der Waals surface area contributed by atoms with Gasteiger partial charge in [0.15, 0.2) is 0 Å². The number of aliphatic carboxylic acids is 1. The van der Waals surface area contributed by atoms with Crippen LogP contribution in [0, 0.1) is 19.8 Å².